The van der Waals surface area contributed by atoms with Gasteiger partial charge in [-0.25, -0.2) is 0 Å². The summed E-state index contributed by atoms with van der Waals surface area (Å²) in [5.74, 6) is 2.61. The molecule has 4 aromatic rings. The molecular weight excluding hydrogens is 941 g/mol. The summed E-state index contributed by atoms with van der Waals surface area (Å²) in [6, 6.07) is 20.8. The predicted octanol–water partition coefficient (Wildman–Crippen LogP) is 11.8. The summed E-state index contributed by atoms with van der Waals surface area (Å²) in [6.07, 6.45) is 11.5. The van der Waals surface area contributed by atoms with Gasteiger partial charge in [0.15, 0.2) is 0 Å². The van der Waals surface area contributed by atoms with Gasteiger partial charge in [0.2, 0.25) is 0 Å². The van der Waals surface area contributed by atoms with Crippen molar-refractivity contribution < 1.29 is 40.2 Å². The van der Waals surface area contributed by atoms with Gasteiger partial charge >= 0.3 is 0 Å². The summed E-state index contributed by atoms with van der Waals surface area (Å²) in [4.78, 5) is 9.60. The molecule has 260 valence electrons. The summed E-state index contributed by atoms with van der Waals surface area (Å²) in [5.41, 5.74) is 16.4. The third-order valence-electron chi connectivity index (χ3n) is 11.1. The van der Waals surface area contributed by atoms with Crippen LogP contribution >= 0.6 is 0 Å². The normalized spacial score (nSPS) is 21.1. The van der Waals surface area contributed by atoms with Crippen LogP contribution in [0.3, 0.4) is 0 Å². The monoisotopic (exact) mass is 996 g/mol. The molecule has 3 aliphatic rings. The smallest absolute Gasteiger partial charge is 0.0198 e. The van der Waals surface area contributed by atoms with Crippen LogP contribution in [-0.4, -0.2) is 9.97 Å². The molecule has 0 saturated heterocycles. The molecule has 48 heavy (non-hydrogen) atoms. The first-order valence-electron chi connectivity index (χ1n) is 17.8. The van der Waals surface area contributed by atoms with Gasteiger partial charge in [-0.3, -0.25) is 0 Å². The van der Waals surface area contributed by atoms with Crippen molar-refractivity contribution in [3.05, 3.63) is 105 Å². The predicted molar refractivity (Wildman–Crippen MR) is 194 cm³/mol. The Morgan fingerprint density at radius 2 is 1.10 bits per heavy atom. The van der Waals surface area contributed by atoms with E-state index >= 15 is 0 Å². The minimum atomic E-state index is 0. The van der Waals surface area contributed by atoms with Crippen molar-refractivity contribution in [1.82, 2.24) is 9.97 Å². The molecular formula is C44H54Ir2N2-2. The van der Waals surface area contributed by atoms with E-state index in [0.717, 1.165) is 24.2 Å². The SMILES string of the molecule is CC(C)(C)c1c[c-]c2c(c1)CCc1cc(C(C)(C)C)cnc1-2.CC1CCC(C)c2cc(-c3cc4c(cn3)C(C)CCC4C)[c-]cc21.[Ir].[Ir]. The van der Waals surface area contributed by atoms with E-state index in [4.69, 9.17) is 9.97 Å². The Bertz CT molecular complexity index is 1610. The zero-order valence-electron chi connectivity index (χ0n) is 30.7. The van der Waals surface area contributed by atoms with Gasteiger partial charge in [0, 0.05) is 52.6 Å². The molecule has 4 atom stereocenters. The van der Waals surface area contributed by atoms with E-state index in [9.17, 15) is 0 Å². The number of aryl methyl sites for hydroxylation is 2. The zero-order chi connectivity index (χ0) is 33.0. The summed E-state index contributed by atoms with van der Waals surface area (Å²) >= 11 is 0. The topological polar surface area (TPSA) is 25.8 Å². The molecule has 2 radical (unpaired) electrons. The maximum Gasteiger partial charge on any atom is 0.0198 e. The first kappa shape index (κ1) is 38.8. The molecule has 2 aromatic carbocycles. The molecule has 2 aromatic heterocycles. The van der Waals surface area contributed by atoms with E-state index in [0.29, 0.717) is 23.7 Å². The Hall–Kier alpha value is -1.96. The second-order valence-electron chi connectivity index (χ2n) is 16.7. The third-order valence-corrected chi connectivity index (χ3v) is 11.1. The molecule has 0 amide bonds. The molecule has 0 bridgehead atoms. The van der Waals surface area contributed by atoms with Crippen LogP contribution in [0.1, 0.15) is 163 Å². The van der Waals surface area contributed by atoms with Gasteiger partial charge in [-0.1, -0.05) is 106 Å². The van der Waals surface area contributed by atoms with Gasteiger partial charge in [-0.05, 0) is 82.3 Å². The molecule has 0 N–H and O–H groups in total. The molecule has 3 aliphatic carbocycles. The fourth-order valence-corrected chi connectivity index (χ4v) is 7.61. The Balaban J connectivity index is 0.000000209. The second-order valence-corrected chi connectivity index (χ2v) is 16.7. The minimum absolute atomic E-state index is 0. The van der Waals surface area contributed by atoms with Gasteiger partial charge in [0.1, 0.15) is 0 Å². The Kier molecular flexibility index (Phi) is 12.2. The summed E-state index contributed by atoms with van der Waals surface area (Å²) in [7, 11) is 0. The van der Waals surface area contributed by atoms with Crippen molar-refractivity contribution in [3.8, 4) is 22.5 Å². The quantitative estimate of drug-likeness (QED) is 0.178. The van der Waals surface area contributed by atoms with Crippen molar-refractivity contribution in [2.45, 2.75) is 142 Å². The third kappa shape index (κ3) is 7.99. The maximum atomic E-state index is 4.81. The number of pyridine rings is 2. The maximum absolute atomic E-state index is 4.81. The number of hydrogen-bond acceptors (Lipinski definition) is 2. The number of aromatic nitrogens is 2. The summed E-state index contributed by atoms with van der Waals surface area (Å²) < 4.78 is 0. The molecule has 0 fully saturated rings. The van der Waals surface area contributed by atoms with Crippen molar-refractivity contribution in [2.75, 3.05) is 0 Å². The second kappa shape index (κ2) is 15.1. The molecule has 2 heterocycles. The molecule has 7 rings (SSSR count). The van der Waals surface area contributed by atoms with E-state index in [1.54, 1.807) is 0 Å². The number of benzene rings is 2. The number of hydrogen-bond donors (Lipinski definition) is 0. The number of rotatable bonds is 1. The van der Waals surface area contributed by atoms with Crippen LogP contribution in [0.25, 0.3) is 22.5 Å². The van der Waals surface area contributed by atoms with Crippen LogP contribution in [0, 0.1) is 12.1 Å². The Morgan fingerprint density at radius 3 is 1.73 bits per heavy atom. The fourth-order valence-electron chi connectivity index (χ4n) is 7.61. The molecule has 4 heteroatoms. The fraction of sp³-hybridized carbons (Fsp3) is 0.500. The van der Waals surface area contributed by atoms with Crippen LogP contribution in [0.4, 0.5) is 0 Å². The Labute approximate surface area is 318 Å². The van der Waals surface area contributed by atoms with Crippen molar-refractivity contribution in [3.63, 3.8) is 0 Å². The van der Waals surface area contributed by atoms with Gasteiger partial charge in [0.05, 0.1) is 0 Å². The van der Waals surface area contributed by atoms with E-state index in [1.807, 2.05) is 6.20 Å². The standard InChI is InChI=1S/C23H28N.C21H26N.2Ir/c1-14-5-6-15(2)20-11-18(9-10-19(14)20)23-12-21-16(3)7-8-17(4)22(21)13-24-23;1-20(2,3)16-9-10-18-14(11-16)7-8-15-12-17(21(4,5)6)13-22-19(15)18;;/h10-17H,5-8H2,1-4H3;9,11-13H,7-8H2,1-6H3;;/q2*-1;;. The molecule has 0 spiro atoms. The van der Waals surface area contributed by atoms with Gasteiger partial charge in [-0.2, -0.15) is 0 Å². The van der Waals surface area contributed by atoms with Gasteiger partial charge in [0.25, 0.3) is 0 Å². The zero-order valence-corrected chi connectivity index (χ0v) is 35.5. The van der Waals surface area contributed by atoms with E-state index < -0.39 is 0 Å². The number of fused-ring (bicyclic) bond motifs is 5. The van der Waals surface area contributed by atoms with E-state index in [1.165, 1.54) is 81.3 Å². The average molecular weight is 995 g/mol. The van der Waals surface area contributed by atoms with Crippen LogP contribution in [0.2, 0.25) is 0 Å². The van der Waals surface area contributed by atoms with Crippen LogP contribution in [-0.2, 0) is 63.9 Å². The molecule has 0 aliphatic heterocycles. The van der Waals surface area contributed by atoms with E-state index in [-0.39, 0.29) is 51.0 Å². The molecule has 4 unspecified atom stereocenters. The van der Waals surface area contributed by atoms with Gasteiger partial charge < -0.3 is 9.97 Å². The number of nitrogens with zero attached hydrogens (tertiary/aromatic N) is 2. The first-order valence-corrected chi connectivity index (χ1v) is 17.8. The van der Waals surface area contributed by atoms with Crippen molar-refractivity contribution in [2.24, 2.45) is 0 Å². The van der Waals surface area contributed by atoms with Crippen LogP contribution in [0.5, 0.6) is 0 Å². The summed E-state index contributed by atoms with van der Waals surface area (Å²) in [6.45, 7) is 22.9. The molecule has 2 nitrogen and oxygen atoms in total. The van der Waals surface area contributed by atoms with Crippen molar-refractivity contribution >= 4 is 0 Å². The van der Waals surface area contributed by atoms with E-state index in [2.05, 4.69) is 124 Å². The first-order chi connectivity index (χ1) is 21.7. The van der Waals surface area contributed by atoms with Crippen molar-refractivity contribution in [1.29, 1.82) is 0 Å². The van der Waals surface area contributed by atoms with Crippen LogP contribution < -0.4 is 0 Å². The largest absolute Gasteiger partial charge is 0.304 e. The average Bonchev–Trinajstić information content (AvgIpc) is 3.03. The summed E-state index contributed by atoms with van der Waals surface area (Å²) in [5, 5.41) is 0. The Morgan fingerprint density at radius 1 is 0.562 bits per heavy atom. The van der Waals surface area contributed by atoms with Crippen LogP contribution in [0.15, 0.2) is 48.8 Å². The minimum Gasteiger partial charge on any atom is -0.304 e. The molecule has 0 saturated carbocycles. The van der Waals surface area contributed by atoms with Gasteiger partial charge in [-0.15, -0.1) is 69.8 Å².